The lowest BCUT2D eigenvalue weighted by molar-refractivity contribution is -0.129. The van der Waals surface area contributed by atoms with Crippen molar-refractivity contribution in [2.75, 3.05) is 17.2 Å². The molecule has 0 aliphatic carbocycles. The molecular weight excluding hydrogens is 270 g/mol. The molecule has 0 fully saturated rings. The van der Waals surface area contributed by atoms with Crippen molar-refractivity contribution in [3.05, 3.63) is 24.3 Å². The maximum atomic E-state index is 11.7. The number of benzene rings is 1. The van der Waals surface area contributed by atoms with E-state index in [0.29, 0.717) is 12.8 Å². The molecule has 0 aliphatic heterocycles. The number of rotatable bonds is 9. The monoisotopic (exact) mass is 293 g/mol. The second-order valence-corrected chi connectivity index (χ2v) is 4.75. The molecule has 0 atom stereocenters. The van der Waals surface area contributed by atoms with Crippen molar-refractivity contribution < 1.29 is 14.8 Å². The summed E-state index contributed by atoms with van der Waals surface area (Å²) < 4.78 is 0. The van der Waals surface area contributed by atoms with Crippen molar-refractivity contribution >= 4 is 23.2 Å². The fraction of sp³-hybridized carbons (Fsp3) is 0.467. The number of carbonyl (C=O) groups is 2. The fourth-order valence-electron chi connectivity index (χ4n) is 1.90. The summed E-state index contributed by atoms with van der Waals surface area (Å²) in [5, 5.41) is 14.4. The Hall–Kier alpha value is -2.08. The number of amides is 2. The average Bonchev–Trinajstić information content (AvgIpc) is 2.49. The summed E-state index contributed by atoms with van der Waals surface area (Å²) in [6.45, 7) is 2.89. The van der Waals surface area contributed by atoms with Crippen molar-refractivity contribution in [1.29, 1.82) is 0 Å². The Labute approximate surface area is 124 Å². The third-order valence-electron chi connectivity index (χ3n) is 2.98. The number of hydrogen-bond donors (Lipinski definition) is 4. The number of nitrogens with one attached hydrogen (secondary N) is 3. The van der Waals surface area contributed by atoms with Crippen molar-refractivity contribution in [1.82, 2.24) is 5.48 Å². The topological polar surface area (TPSA) is 90.5 Å². The molecule has 6 heteroatoms. The molecule has 0 aliphatic rings. The lowest BCUT2D eigenvalue weighted by atomic mass is 10.1. The maximum Gasteiger partial charge on any atom is 0.243 e. The Bertz CT molecular complexity index is 446. The number of unbranched alkanes of at least 4 members (excludes halogenated alkanes) is 2. The molecule has 0 saturated heterocycles. The van der Waals surface area contributed by atoms with Gasteiger partial charge in [-0.25, -0.2) is 5.48 Å². The van der Waals surface area contributed by atoms with Gasteiger partial charge >= 0.3 is 0 Å². The van der Waals surface area contributed by atoms with Crippen molar-refractivity contribution in [3.63, 3.8) is 0 Å². The molecule has 21 heavy (non-hydrogen) atoms. The Morgan fingerprint density at radius 2 is 1.52 bits per heavy atom. The number of anilines is 2. The molecule has 0 radical (unpaired) electrons. The van der Waals surface area contributed by atoms with E-state index in [-0.39, 0.29) is 18.2 Å². The normalized spacial score (nSPS) is 10.0. The number of hydroxylamine groups is 1. The summed E-state index contributed by atoms with van der Waals surface area (Å²) in [4.78, 5) is 22.5. The lowest BCUT2D eigenvalue weighted by Gasteiger charge is -2.07. The van der Waals surface area contributed by atoms with E-state index < -0.39 is 0 Å². The highest BCUT2D eigenvalue weighted by Gasteiger charge is 2.03. The van der Waals surface area contributed by atoms with Crippen LogP contribution in [0.15, 0.2) is 24.3 Å². The molecule has 0 aromatic heterocycles. The summed E-state index contributed by atoms with van der Waals surface area (Å²) in [5.41, 5.74) is 3.39. The lowest BCUT2D eigenvalue weighted by Crippen LogP contribution is -2.17. The van der Waals surface area contributed by atoms with Gasteiger partial charge in [-0.2, -0.15) is 0 Å². The van der Waals surface area contributed by atoms with E-state index in [1.807, 2.05) is 31.2 Å². The molecule has 4 N–H and O–H groups in total. The molecule has 0 spiro atoms. The van der Waals surface area contributed by atoms with E-state index in [0.717, 1.165) is 30.8 Å². The smallest absolute Gasteiger partial charge is 0.243 e. The van der Waals surface area contributed by atoms with Crippen LogP contribution in [0.3, 0.4) is 0 Å². The minimum Gasteiger partial charge on any atom is -0.385 e. The molecule has 0 bridgehead atoms. The minimum atomic E-state index is -0.389. The van der Waals surface area contributed by atoms with Crippen LogP contribution in [0, 0.1) is 0 Å². The molecule has 116 valence electrons. The van der Waals surface area contributed by atoms with Gasteiger partial charge in [0.05, 0.1) is 0 Å². The summed E-state index contributed by atoms with van der Waals surface area (Å²) in [6, 6.07) is 7.57. The van der Waals surface area contributed by atoms with Gasteiger partial charge in [-0.15, -0.1) is 0 Å². The molecule has 1 aromatic rings. The maximum absolute atomic E-state index is 11.7. The van der Waals surface area contributed by atoms with Crippen molar-refractivity contribution in [2.24, 2.45) is 0 Å². The zero-order chi connectivity index (χ0) is 15.5. The second kappa shape index (κ2) is 9.77. The average molecular weight is 293 g/mol. The van der Waals surface area contributed by atoms with Gasteiger partial charge in [0, 0.05) is 30.8 Å². The van der Waals surface area contributed by atoms with Gasteiger partial charge in [-0.05, 0) is 44.0 Å². The first-order valence-electron chi connectivity index (χ1n) is 7.22. The van der Waals surface area contributed by atoms with Crippen LogP contribution in [0.2, 0.25) is 0 Å². The third kappa shape index (κ3) is 7.31. The highest BCUT2D eigenvalue weighted by atomic mass is 16.5. The van der Waals surface area contributed by atoms with E-state index in [1.165, 1.54) is 0 Å². The van der Waals surface area contributed by atoms with Crippen LogP contribution in [-0.4, -0.2) is 23.6 Å². The van der Waals surface area contributed by atoms with E-state index in [4.69, 9.17) is 5.21 Å². The van der Waals surface area contributed by atoms with Gasteiger partial charge < -0.3 is 10.6 Å². The van der Waals surface area contributed by atoms with Gasteiger partial charge in [0.2, 0.25) is 11.8 Å². The molecule has 0 saturated carbocycles. The second-order valence-electron chi connectivity index (χ2n) is 4.75. The van der Waals surface area contributed by atoms with E-state index in [1.54, 1.807) is 5.48 Å². The van der Waals surface area contributed by atoms with Crippen LogP contribution in [0.5, 0.6) is 0 Å². The molecule has 6 nitrogen and oxygen atoms in total. The summed E-state index contributed by atoms with van der Waals surface area (Å²) >= 11 is 0. The quantitative estimate of drug-likeness (QED) is 0.320. The standard InChI is InChI=1S/C15H23N3O3/c1-2-16-12-8-10-13(11-9-12)17-14(19)6-4-3-5-7-15(20)18-21/h8-11,16,21H,2-7H2,1H3,(H,17,19)(H,18,20). The van der Waals surface area contributed by atoms with Gasteiger partial charge in [0.1, 0.15) is 0 Å². The van der Waals surface area contributed by atoms with Crippen LogP contribution < -0.4 is 16.1 Å². The Balaban J connectivity index is 2.19. The first-order chi connectivity index (χ1) is 10.2. The molecule has 0 heterocycles. The predicted octanol–water partition coefficient (Wildman–Crippen LogP) is 2.51. The Morgan fingerprint density at radius 3 is 2.10 bits per heavy atom. The third-order valence-corrected chi connectivity index (χ3v) is 2.98. The predicted molar refractivity (Wildman–Crippen MR) is 82.2 cm³/mol. The van der Waals surface area contributed by atoms with E-state index >= 15 is 0 Å². The minimum absolute atomic E-state index is 0.0298. The molecule has 2 amide bonds. The zero-order valence-electron chi connectivity index (χ0n) is 12.3. The van der Waals surface area contributed by atoms with E-state index in [9.17, 15) is 9.59 Å². The van der Waals surface area contributed by atoms with Crippen LogP contribution in [-0.2, 0) is 9.59 Å². The molecule has 0 unspecified atom stereocenters. The number of carbonyl (C=O) groups excluding carboxylic acids is 2. The largest absolute Gasteiger partial charge is 0.385 e. The Kier molecular flexibility index (Phi) is 7.89. The zero-order valence-corrected chi connectivity index (χ0v) is 12.3. The highest BCUT2D eigenvalue weighted by molar-refractivity contribution is 5.90. The highest BCUT2D eigenvalue weighted by Crippen LogP contribution is 2.14. The first kappa shape index (κ1) is 17.0. The summed E-state index contributed by atoms with van der Waals surface area (Å²) in [6.07, 6.45) is 2.87. The van der Waals surface area contributed by atoms with Crippen molar-refractivity contribution in [3.8, 4) is 0 Å². The van der Waals surface area contributed by atoms with Gasteiger partial charge in [-0.3, -0.25) is 14.8 Å². The molecular formula is C15H23N3O3. The van der Waals surface area contributed by atoms with Crippen molar-refractivity contribution in [2.45, 2.75) is 39.0 Å². The van der Waals surface area contributed by atoms with E-state index in [2.05, 4.69) is 10.6 Å². The Morgan fingerprint density at radius 1 is 0.952 bits per heavy atom. The fourth-order valence-corrected chi connectivity index (χ4v) is 1.90. The molecule has 1 rings (SSSR count). The van der Waals surface area contributed by atoms with Gasteiger partial charge in [0.25, 0.3) is 0 Å². The van der Waals surface area contributed by atoms with Crippen LogP contribution in [0.4, 0.5) is 11.4 Å². The number of hydrogen-bond acceptors (Lipinski definition) is 4. The SMILES string of the molecule is CCNc1ccc(NC(=O)CCCCCC(=O)NO)cc1. The van der Waals surface area contributed by atoms with Crippen LogP contribution >= 0.6 is 0 Å². The van der Waals surface area contributed by atoms with Crippen LogP contribution in [0.1, 0.15) is 39.0 Å². The molecule has 1 aromatic carbocycles. The van der Waals surface area contributed by atoms with Crippen LogP contribution in [0.25, 0.3) is 0 Å². The summed E-state index contributed by atoms with van der Waals surface area (Å²) in [7, 11) is 0. The van der Waals surface area contributed by atoms with Gasteiger partial charge in [-0.1, -0.05) is 6.42 Å². The first-order valence-corrected chi connectivity index (χ1v) is 7.22. The van der Waals surface area contributed by atoms with Gasteiger partial charge in [0.15, 0.2) is 0 Å². The summed E-state index contributed by atoms with van der Waals surface area (Å²) in [5.74, 6) is -0.418.